The monoisotopic (exact) mass is 332 g/mol. The third kappa shape index (κ3) is 3.74. The van der Waals surface area contributed by atoms with Crippen molar-refractivity contribution in [3.63, 3.8) is 0 Å². The van der Waals surface area contributed by atoms with E-state index in [2.05, 4.69) is 14.9 Å². The normalized spacial score (nSPS) is 18.8. The van der Waals surface area contributed by atoms with E-state index in [-0.39, 0.29) is 0 Å². The average Bonchev–Trinajstić information content (AvgIpc) is 2.57. The number of aromatic nitrogens is 2. The molecule has 0 bridgehead atoms. The number of methoxy groups -OCH3 is 1. The Labute approximate surface area is 141 Å². The van der Waals surface area contributed by atoms with Crippen molar-refractivity contribution >= 4 is 17.5 Å². The van der Waals surface area contributed by atoms with Crippen LogP contribution in [0.2, 0.25) is 5.02 Å². The Bertz CT molecular complexity index is 679. The lowest BCUT2D eigenvalue weighted by Gasteiger charge is -2.33. The number of nitrogens with zero attached hydrogens (tertiary/aromatic N) is 3. The molecule has 2 heterocycles. The van der Waals surface area contributed by atoms with E-state index >= 15 is 0 Å². The fraction of sp³-hybridized carbons (Fsp3) is 0.412. The van der Waals surface area contributed by atoms with Crippen molar-refractivity contribution in [2.45, 2.75) is 25.3 Å². The third-order valence-corrected chi connectivity index (χ3v) is 4.65. The van der Waals surface area contributed by atoms with Crippen LogP contribution in [0.1, 0.15) is 30.0 Å². The summed E-state index contributed by atoms with van der Waals surface area (Å²) in [5, 5.41) is 0.748. The number of hydrogen-bond acceptors (Lipinski definition) is 5. The Morgan fingerprint density at radius 2 is 2.26 bits per heavy atom. The Morgan fingerprint density at radius 1 is 1.39 bits per heavy atom. The van der Waals surface area contributed by atoms with E-state index < -0.39 is 0 Å². The predicted octanol–water partition coefficient (Wildman–Crippen LogP) is 3.10. The number of nitrogens with two attached hydrogens (primary N) is 1. The first-order chi connectivity index (χ1) is 11.2. The van der Waals surface area contributed by atoms with Crippen molar-refractivity contribution in [3.05, 3.63) is 46.7 Å². The van der Waals surface area contributed by atoms with Crippen LogP contribution < -0.4 is 10.5 Å². The predicted molar refractivity (Wildman–Crippen MR) is 91.7 cm³/mol. The van der Waals surface area contributed by atoms with Gasteiger partial charge in [0.1, 0.15) is 5.75 Å². The van der Waals surface area contributed by atoms with E-state index in [1.165, 1.54) is 0 Å². The molecule has 122 valence electrons. The molecule has 23 heavy (non-hydrogen) atoms. The van der Waals surface area contributed by atoms with Crippen LogP contribution in [0.3, 0.4) is 0 Å². The number of piperidine rings is 1. The molecule has 0 saturated carbocycles. The number of hydrogen-bond donors (Lipinski definition) is 1. The quantitative estimate of drug-likeness (QED) is 0.932. The molecular weight excluding hydrogens is 312 g/mol. The second-order valence-corrected chi connectivity index (χ2v) is 6.24. The number of anilines is 1. The van der Waals surface area contributed by atoms with Crippen LogP contribution >= 0.6 is 11.6 Å². The lowest BCUT2D eigenvalue weighted by molar-refractivity contribution is 0.196. The highest BCUT2D eigenvalue weighted by Crippen LogP contribution is 2.31. The van der Waals surface area contributed by atoms with E-state index in [0.29, 0.717) is 11.9 Å². The highest BCUT2D eigenvalue weighted by atomic mass is 35.5. The molecule has 0 spiro atoms. The summed E-state index contributed by atoms with van der Waals surface area (Å²) in [5.41, 5.74) is 7.77. The van der Waals surface area contributed by atoms with Gasteiger partial charge < -0.3 is 10.5 Å². The maximum Gasteiger partial charge on any atom is 0.220 e. The second kappa shape index (κ2) is 7.15. The van der Waals surface area contributed by atoms with Crippen molar-refractivity contribution in [2.75, 3.05) is 25.9 Å². The van der Waals surface area contributed by atoms with Gasteiger partial charge in [-0.1, -0.05) is 17.7 Å². The third-order valence-electron chi connectivity index (χ3n) is 4.30. The van der Waals surface area contributed by atoms with Gasteiger partial charge >= 0.3 is 0 Å². The Balaban J connectivity index is 1.75. The van der Waals surface area contributed by atoms with Crippen LogP contribution in [-0.4, -0.2) is 35.1 Å². The number of benzene rings is 1. The number of ether oxygens (including phenoxy) is 1. The molecule has 1 aliphatic rings. The SMILES string of the molecule is COc1cccc(Cl)c1CN1CCC[C@@H](c2ccnc(N)n2)C1. The van der Waals surface area contributed by atoms with Crippen LogP contribution in [0.25, 0.3) is 0 Å². The standard InChI is InChI=1S/C17H21ClN4O/c1-23-16-6-2-5-14(18)13(16)11-22-9-3-4-12(10-22)15-7-8-20-17(19)21-15/h2,5-8,12H,3-4,9-11H2,1H3,(H2,19,20,21)/t12-/m1/s1. The zero-order valence-corrected chi connectivity index (χ0v) is 14.0. The molecule has 1 aromatic heterocycles. The van der Waals surface area contributed by atoms with Gasteiger partial charge in [0.05, 0.1) is 12.8 Å². The van der Waals surface area contributed by atoms with Gasteiger partial charge in [0.2, 0.25) is 5.95 Å². The fourth-order valence-electron chi connectivity index (χ4n) is 3.16. The summed E-state index contributed by atoms with van der Waals surface area (Å²) in [5.74, 6) is 1.56. The number of rotatable bonds is 4. The number of likely N-dealkylation sites (tertiary alicyclic amines) is 1. The van der Waals surface area contributed by atoms with Gasteiger partial charge in [-0.05, 0) is 37.6 Å². The summed E-state index contributed by atoms with van der Waals surface area (Å²) in [4.78, 5) is 10.8. The summed E-state index contributed by atoms with van der Waals surface area (Å²) in [6.07, 6.45) is 3.97. The van der Waals surface area contributed by atoms with Crippen molar-refractivity contribution in [3.8, 4) is 5.75 Å². The minimum atomic E-state index is 0.340. The molecule has 0 unspecified atom stereocenters. The average molecular weight is 333 g/mol. The summed E-state index contributed by atoms with van der Waals surface area (Å²) in [7, 11) is 1.68. The van der Waals surface area contributed by atoms with Crippen molar-refractivity contribution in [1.82, 2.24) is 14.9 Å². The van der Waals surface area contributed by atoms with Gasteiger partial charge in [0.25, 0.3) is 0 Å². The Kier molecular flexibility index (Phi) is 4.98. The second-order valence-electron chi connectivity index (χ2n) is 5.83. The molecule has 3 rings (SSSR count). The van der Waals surface area contributed by atoms with Crippen molar-refractivity contribution in [1.29, 1.82) is 0 Å². The molecule has 0 aliphatic carbocycles. The number of halogens is 1. The lowest BCUT2D eigenvalue weighted by Crippen LogP contribution is -2.34. The van der Waals surface area contributed by atoms with E-state index in [4.69, 9.17) is 22.1 Å². The summed E-state index contributed by atoms with van der Waals surface area (Å²) < 4.78 is 5.45. The molecule has 2 aromatic rings. The van der Waals surface area contributed by atoms with Crippen LogP contribution in [0.5, 0.6) is 5.75 Å². The van der Waals surface area contributed by atoms with Gasteiger partial charge in [-0.15, -0.1) is 0 Å². The first-order valence-corrected chi connectivity index (χ1v) is 8.17. The van der Waals surface area contributed by atoms with Gasteiger partial charge in [0.15, 0.2) is 0 Å². The van der Waals surface area contributed by atoms with Crippen molar-refractivity contribution < 1.29 is 4.74 Å². The molecule has 1 aliphatic heterocycles. The molecule has 1 fully saturated rings. The zero-order valence-electron chi connectivity index (χ0n) is 13.2. The van der Waals surface area contributed by atoms with Crippen molar-refractivity contribution in [2.24, 2.45) is 0 Å². The highest BCUT2D eigenvalue weighted by molar-refractivity contribution is 6.31. The van der Waals surface area contributed by atoms with E-state index in [1.807, 2.05) is 24.3 Å². The fourth-order valence-corrected chi connectivity index (χ4v) is 3.39. The molecule has 5 nitrogen and oxygen atoms in total. The molecular formula is C17H21ClN4O. The maximum atomic E-state index is 6.36. The topological polar surface area (TPSA) is 64.3 Å². The lowest BCUT2D eigenvalue weighted by atomic mass is 9.94. The minimum Gasteiger partial charge on any atom is -0.496 e. The van der Waals surface area contributed by atoms with Crippen LogP contribution in [0, 0.1) is 0 Å². The first kappa shape index (κ1) is 16.0. The summed E-state index contributed by atoms with van der Waals surface area (Å²) in [6, 6.07) is 7.73. The molecule has 0 radical (unpaired) electrons. The van der Waals surface area contributed by atoms with Gasteiger partial charge in [0, 0.05) is 35.8 Å². The zero-order chi connectivity index (χ0) is 16.2. The minimum absolute atomic E-state index is 0.340. The largest absolute Gasteiger partial charge is 0.496 e. The van der Waals surface area contributed by atoms with E-state index in [0.717, 1.165) is 54.5 Å². The molecule has 1 saturated heterocycles. The Morgan fingerprint density at radius 3 is 3.04 bits per heavy atom. The van der Waals surface area contributed by atoms with Gasteiger partial charge in [-0.3, -0.25) is 4.90 Å². The molecule has 0 amide bonds. The van der Waals surface area contributed by atoms with Crippen LogP contribution in [0.15, 0.2) is 30.5 Å². The molecule has 1 atom stereocenters. The van der Waals surface area contributed by atoms with E-state index in [9.17, 15) is 0 Å². The van der Waals surface area contributed by atoms with Crippen LogP contribution in [0.4, 0.5) is 5.95 Å². The summed E-state index contributed by atoms with van der Waals surface area (Å²) >= 11 is 6.36. The van der Waals surface area contributed by atoms with E-state index in [1.54, 1.807) is 13.3 Å². The van der Waals surface area contributed by atoms with Gasteiger partial charge in [-0.2, -0.15) is 0 Å². The van der Waals surface area contributed by atoms with Gasteiger partial charge in [-0.25, -0.2) is 9.97 Å². The van der Waals surface area contributed by atoms with Crippen LogP contribution in [-0.2, 0) is 6.54 Å². The maximum absolute atomic E-state index is 6.36. The summed E-state index contributed by atoms with van der Waals surface area (Å²) in [6.45, 7) is 2.76. The molecule has 2 N–H and O–H groups in total. The molecule has 6 heteroatoms. The smallest absolute Gasteiger partial charge is 0.220 e. The number of nitrogen functional groups attached to an aromatic ring is 1. The highest BCUT2D eigenvalue weighted by Gasteiger charge is 2.24. The molecule has 1 aromatic carbocycles. The first-order valence-electron chi connectivity index (χ1n) is 7.79. The Hall–Kier alpha value is -1.85.